The van der Waals surface area contributed by atoms with Crippen LogP contribution in [-0.4, -0.2) is 27.8 Å². The van der Waals surface area contributed by atoms with Crippen LogP contribution in [0.25, 0.3) is 0 Å². The van der Waals surface area contributed by atoms with E-state index in [4.69, 9.17) is 10.5 Å². The van der Waals surface area contributed by atoms with Crippen molar-refractivity contribution in [3.05, 3.63) is 18.2 Å². The standard InChI is InChI=1S/C13H23N3O/c1-3-17-13(6-4-5-7-13)11(14)10-12-15-8-9-16(12)2/h8-9,11H,3-7,10,14H2,1-2H3. The van der Waals surface area contributed by atoms with Gasteiger partial charge in [-0.05, 0) is 19.8 Å². The van der Waals surface area contributed by atoms with Crippen LogP contribution in [0.15, 0.2) is 12.4 Å². The van der Waals surface area contributed by atoms with E-state index in [1.54, 1.807) is 0 Å². The van der Waals surface area contributed by atoms with Gasteiger partial charge in [0.25, 0.3) is 0 Å². The summed E-state index contributed by atoms with van der Waals surface area (Å²) in [6.45, 7) is 2.79. The Kier molecular flexibility index (Phi) is 3.84. The van der Waals surface area contributed by atoms with Gasteiger partial charge in [0, 0.05) is 38.5 Å². The summed E-state index contributed by atoms with van der Waals surface area (Å²) >= 11 is 0. The van der Waals surface area contributed by atoms with Gasteiger partial charge in [-0.1, -0.05) is 12.8 Å². The molecule has 4 nitrogen and oxygen atoms in total. The van der Waals surface area contributed by atoms with E-state index in [2.05, 4.69) is 4.98 Å². The van der Waals surface area contributed by atoms with Crippen LogP contribution in [0, 0.1) is 0 Å². The van der Waals surface area contributed by atoms with Crippen molar-refractivity contribution in [2.75, 3.05) is 6.61 Å². The molecule has 1 heterocycles. The predicted molar refractivity (Wildman–Crippen MR) is 67.7 cm³/mol. The second kappa shape index (κ2) is 5.19. The van der Waals surface area contributed by atoms with Crippen molar-refractivity contribution in [2.24, 2.45) is 12.8 Å². The quantitative estimate of drug-likeness (QED) is 0.847. The molecule has 0 radical (unpaired) electrons. The van der Waals surface area contributed by atoms with Gasteiger partial charge in [-0.3, -0.25) is 0 Å². The highest BCUT2D eigenvalue weighted by Gasteiger charge is 2.40. The van der Waals surface area contributed by atoms with Gasteiger partial charge in [-0.15, -0.1) is 0 Å². The number of hydrogen-bond donors (Lipinski definition) is 1. The van der Waals surface area contributed by atoms with Crippen LogP contribution in [0.3, 0.4) is 0 Å². The number of hydrogen-bond acceptors (Lipinski definition) is 3. The second-order valence-corrected chi connectivity index (χ2v) is 4.97. The third-order valence-corrected chi connectivity index (χ3v) is 3.88. The fourth-order valence-corrected chi connectivity index (χ4v) is 2.86. The number of nitrogens with two attached hydrogens (primary N) is 1. The summed E-state index contributed by atoms with van der Waals surface area (Å²) in [4.78, 5) is 4.35. The van der Waals surface area contributed by atoms with Crippen LogP contribution in [0.1, 0.15) is 38.4 Å². The molecule has 2 N–H and O–H groups in total. The molecule has 2 rings (SSSR count). The zero-order valence-electron chi connectivity index (χ0n) is 10.9. The maximum absolute atomic E-state index is 6.38. The number of imidazole rings is 1. The zero-order valence-corrected chi connectivity index (χ0v) is 10.9. The Hall–Kier alpha value is -0.870. The summed E-state index contributed by atoms with van der Waals surface area (Å²) in [5.74, 6) is 1.04. The molecule has 0 bridgehead atoms. The highest BCUT2D eigenvalue weighted by Crippen LogP contribution is 2.36. The first-order valence-electron chi connectivity index (χ1n) is 6.53. The van der Waals surface area contributed by atoms with Crippen molar-refractivity contribution in [3.63, 3.8) is 0 Å². The largest absolute Gasteiger partial charge is 0.374 e. The fraction of sp³-hybridized carbons (Fsp3) is 0.769. The Bertz CT molecular complexity index is 355. The molecule has 1 atom stereocenters. The van der Waals surface area contributed by atoms with Crippen LogP contribution in [-0.2, 0) is 18.2 Å². The zero-order chi connectivity index (χ0) is 12.3. The monoisotopic (exact) mass is 237 g/mol. The Morgan fingerprint density at radius 1 is 1.53 bits per heavy atom. The second-order valence-electron chi connectivity index (χ2n) is 4.97. The number of ether oxygens (including phenoxy) is 1. The summed E-state index contributed by atoms with van der Waals surface area (Å²) in [7, 11) is 2.01. The van der Waals surface area contributed by atoms with E-state index in [-0.39, 0.29) is 11.6 Å². The number of aromatic nitrogens is 2. The van der Waals surface area contributed by atoms with Crippen LogP contribution in [0.4, 0.5) is 0 Å². The van der Waals surface area contributed by atoms with Gasteiger partial charge in [-0.25, -0.2) is 4.98 Å². The molecule has 1 aromatic heterocycles. The summed E-state index contributed by atoms with van der Waals surface area (Å²) in [6, 6.07) is 0.0473. The maximum Gasteiger partial charge on any atom is 0.110 e. The van der Waals surface area contributed by atoms with E-state index >= 15 is 0 Å². The SMILES string of the molecule is CCOC1(C(N)Cc2nccn2C)CCCC1. The van der Waals surface area contributed by atoms with Crippen molar-refractivity contribution < 1.29 is 4.74 Å². The number of rotatable bonds is 5. The minimum absolute atomic E-state index is 0.0473. The molecule has 1 aliphatic carbocycles. The maximum atomic E-state index is 6.38. The molecule has 0 aliphatic heterocycles. The van der Waals surface area contributed by atoms with Gasteiger partial charge in [-0.2, -0.15) is 0 Å². The van der Waals surface area contributed by atoms with Gasteiger partial charge < -0.3 is 15.0 Å². The van der Waals surface area contributed by atoms with Crippen molar-refractivity contribution in [3.8, 4) is 0 Å². The number of nitrogens with zero attached hydrogens (tertiary/aromatic N) is 2. The molecule has 1 fully saturated rings. The molecule has 96 valence electrons. The first kappa shape index (κ1) is 12.6. The molecule has 0 aromatic carbocycles. The molecule has 4 heteroatoms. The lowest BCUT2D eigenvalue weighted by molar-refractivity contribution is -0.0529. The Balaban J connectivity index is 2.07. The van der Waals surface area contributed by atoms with Gasteiger partial charge in [0.1, 0.15) is 5.82 Å². The van der Waals surface area contributed by atoms with Crippen molar-refractivity contribution in [1.29, 1.82) is 0 Å². The molecular formula is C13H23N3O. The van der Waals surface area contributed by atoms with Gasteiger partial charge in [0.05, 0.1) is 5.60 Å². The minimum atomic E-state index is -0.110. The third kappa shape index (κ3) is 2.53. The van der Waals surface area contributed by atoms with Gasteiger partial charge in [0.15, 0.2) is 0 Å². The molecule has 0 spiro atoms. The first-order chi connectivity index (χ1) is 8.18. The molecule has 0 amide bonds. The third-order valence-electron chi connectivity index (χ3n) is 3.88. The molecular weight excluding hydrogens is 214 g/mol. The summed E-state index contributed by atoms with van der Waals surface area (Å²) in [6.07, 6.45) is 9.22. The molecule has 1 aliphatic rings. The van der Waals surface area contributed by atoms with Crippen LogP contribution in [0.5, 0.6) is 0 Å². The predicted octanol–water partition coefficient (Wildman–Crippen LogP) is 1.64. The summed E-state index contributed by atoms with van der Waals surface area (Å²) < 4.78 is 8.01. The average Bonchev–Trinajstić information content (AvgIpc) is 2.91. The highest BCUT2D eigenvalue weighted by atomic mass is 16.5. The van der Waals surface area contributed by atoms with Gasteiger partial charge >= 0.3 is 0 Å². The van der Waals surface area contributed by atoms with Crippen molar-refractivity contribution in [2.45, 2.75) is 50.7 Å². The van der Waals surface area contributed by atoms with Crippen molar-refractivity contribution >= 4 is 0 Å². The lowest BCUT2D eigenvalue weighted by Gasteiger charge is -2.35. The van der Waals surface area contributed by atoms with E-state index < -0.39 is 0 Å². The Labute approximate surface area is 103 Å². The topological polar surface area (TPSA) is 53.1 Å². The first-order valence-corrected chi connectivity index (χ1v) is 6.53. The Morgan fingerprint density at radius 2 is 2.24 bits per heavy atom. The van der Waals surface area contributed by atoms with Gasteiger partial charge in [0.2, 0.25) is 0 Å². The molecule has 1 unspecified atom stereocenters. The van der Waals surface area contributed by atoms with Crippen LogP contribution >= 0.6 is 0 Å². The number of aryl methyl sites for hydroxylation is 1. The summed E-state index contributed by atoms with van der Waals surface area (Å²) in [5.41, 5.74) is 6.27. The molecule has 17 heavy (non-hydrogen) atoms. The van der Waals surface area contributed by atoms with E-state index in [0.29, 0.717) is 0 Å². The van der Waals surface area contributed by atoms with E-state index in [1.165, 1.54) is 12.8 Å². The van der Waals surface area contributed by atoms with E-state index in [9.17, 15) is 0 Å². The smallest absolute Gasteiger partial charge is 0.110 e. The highest BCUT2D eigenvalue weighted by molar-refractivity contribution is 5.02. The lowest BCUT2D eigenvalue weighted by Crippen LogP contribution is -2.49. The lowest BCUT2D eigenvalue weighted by atomic mass is 9.90. The average molecular weight is 237 g/mol. The molecule has 1 aromatic rings. The van der Waals surface area contributed by atoms with Crippen molar-refractivity contribution in [1.82, 2.24) is 9.55 Å². The van der Waals surface area contributed by atoms with E-state index in [0.717, 1.165) is 31.7 Å². The molecule has 0 saturated heterocycles. The van der Waals surface area contributed by atoms with E-state index in [1.807, 2.05) is 30.9 Å². The van der Waals surface area contributed by atoms with Crippen LogP contribution in [0.2, 0.25) is 0 Å². The minimum Gasteiger partial charge on any atom is -0.374 e. The normalized spacial score (nSPS) is 20.6. The summed E-state index contributed by atoms with van der Waals surface area (Å²) in [5, 5.41) is 0. The van der Waals surface area contributed by atoms with Crippen LogP contribution < -0.4 is 5.73 Å². The molecule has 1 saturated carbocycles. The Morgan fingerprint density at radius 3 is 2.76 bits per heavy atom. The fourth-order valence-electron chi connectivity index (χ4n) is 2.86.